The van der Waals surface area contributed by atoms with Gasteiger partial charge in [-0.3, -0.25) is 4.79 Å². The summed E-state index contributed by atoms with van der Waals surface area (Å²) in [5, 5.41) is 3.27. The van der Waals surface area contributed by atoms with E-state index in [1.54, 1.807) is 7.11 Å². The van der Waals surface area contributed by atoms with Gasteiger partial charge in [-0.05, 0) is 12.8 Å². The molecule has 1 amide bonds. The van der Waals surface area contributed by atoms with Crippen LogP contribution in [0.1, 0.15) is 45.1 Å². The van der Waals surface area contributed by atoms with Crippen LogP contribution in [0.15, 0.2) is 6.07 Å². The largest absolute Gasteiger partial charge is 0.378 e. The number of hydrogen-bond acceptors (Lipinski definition) is 6. The third-order valence-corrected chi connectivity index (χ3v) is 3.68. The van der Waals surface area contributed by atoms with E-state index in [2.05, 4.69) is 36.1 Å². The molecule has 3 N–H and O–H groups in total. The molecule has 1 aromatic rings. The summed E-state index contributed by atoms with van der Waals surface area (Å²) < 4.78 is 10.8. The minimum absolute atomic E-state index is 0.0357. The van der Waals surface area contributed by atoms with Gasteiger partial charge in [0.25, 0.3) is 0 Å². The summed E-state index contributed by atoms with van der Waals surface area (Å²) in [5.41, 5.74) is 5.95. The predicted octanol–water partition coefficient (Wildman–Crippen LogP) is 1.37. The first-order valence-electron chi connectivity index (χ1n) is 7.85. The van der Waals surface area contributed by atoms with E-state index in [-0.39, 0.29) is 11.5 Å². The highest BCUT2D eigenvalue weighted by Crippen LogP contribution is 2.22. The fraction of sp³-hybridized carbons (Fsp3) is 0.688. The van der Waals surface area contributed by atoms with Crippen molar-refractivity contribution in [2.45, 2.75) is 57.8 Å². The number of anilines is 1. The van der Waals surface area contributed by atoms with Crippen LogP contribution in [0.3, 0.4) is 0 Å². The first-order chi connectivity index (χ1) is 10.8. The number of methoxy groups -OCH3 is 1. The normalized spacial score (nSPS) is 21.4. The number of primary amides is 1. The number of ether oxygens (including phenoxy) is 2. The zero-order valence-electron chi connectivity index (χ0n) is 14.3. The molecule has 2 atom stereocenters. The number of nitrogens with two attached hydrogens (primary N) is 1. The van der Waals surface area contributed by atoms with Crippen LogP contribution in [0.2, 0.25) is 0 Å². The van der Waals surface area contributed by atoms with Crippen molar-refractivity contribution in [3.05, 3.63) is 17.6 Å². The Morgan fingerprint density at radius 2 is 2.17 bits per heavy atom. The molecule has 0 spiro atoms. The Balaban J connectivity index is 2.04. The third-order valence-electron chi connectivity index (χ3n) is 3.68. The van der Waals surface area contributed by atoms with Crippen LogP contribution in [-0.2, 0) is 26.3 Å². The fourth-order valence-electron chi connectivity index (χ4n) is 2.43. The van der Waals surface area contributed by atoms with Gasteiger partial charge >= 0.3 is 0 Å². The van der Waals surface area contributed by atoms with E-state index in [4.69, 9.17) is 15.2 Å². The molecule has 0 aliphatic carbocycles. The fourth-order valence-corrected chi connectivity index (χ4v) is 2.43. The Hall–Kier alpha value is -1.73. The van der Waals surface area contributed by atoms with Crippen LogP contribution in [0.4, 0.5) is 5.82 Å². The molecule has 1 aliphatic rings. The molecule has 2 unspecified atom stereocenters. The van der Waals surface area contributed by atoms with Gasteiger partial charge in [-0.25, -0.2) is 9.97 Å². The minimum atomic E-state index is -0.471. The summed E-state index contributed by atoms with van der Waals surface area (Å²) in [6.07, 6.45) is 0.976. The SMILES string of the molecule is COCc1cc(NCC2CCC(C(N)=O)O2)nc(C(C)(C)C)n1. The summed E-state index contributed by atoms with van der Waals surface area (Å²) in [6, 6.07) is 1.87. The van der Waals surface area contributed by atoms with Crippen LogP contribution in [0.5, 0.6) is 0 Å². The molecule has 1 fully saturated rings. The van der Waals surface area contributed by atoms with E-state index >= 15 is 0 Å². The van der Waals surface area contributed by atoms with Crippen molar-refractivity contribution >= 4 is 11.7 Å². The highest BCUT2D eigenvalue weighted by atomic mass is 16.5. The van der Waals surface area contributed by atoms with Crippen molar-refractivity contribution < 1.29 is 14.3 Å². The molecule has 1 saturated heterocycles. The summed E-state index contributed by atoms with van der Waals surface area (Å²) in [7, 11) is 1.64. The van der Waals surface area contributed by atoms with Crippen LogP contribution < -0.4 is 11.1 Å². The summed E-state index contributed by atoms with van der Waals surface area (Å²) in [4.78, 5) is 20.3. The van der Waals surface area contributed by atoms with Gasteiger partial charge in [-0.15, -0.1) is 0 Å². The molecule has 0 saturated carbocycles. The smallest absolute Gasteiger partial charge is 0.246 e. The third kappa shape index (κ3) is 4.87. The van der Waals surface area contributed by atoms with E-state index < -0.39 is 12.0 Å². The molecule has 1 aromatic heterocycles. The van der Waals surface area contributed by atoms with E-state index in [0.717, 1.165) is 23.8 Å². The van der Waals surface area contributed by atoms with E-state index in [1.165, 1.54) is 0 Å². The summed E-state index contributed by atoms with van der Waals surface area (Å²) in [6.45, 7) is 7.22. The second-order valence-corrected chi connectivity index (χ2v) is 6.86. The second kappa shape index (κ2) is 7.23. The lowest BCUT2D eigenvalue weighted by Gasteiger charge is -2.19. The lowest BCUT2D eigenvalue weighted by molar-refractivity contribution is -0.128. The molecule has 7 nitrogen and oxygen atoms in total. The number of carbonyl (C=O) groups is 1. The highest BCUT2D eigenvalue weighted by molar-refractivity contribution is 5.79. The number of carbonyl (C=O) groups excluding carboxylic acids is 1. The number of amides is 1. The standard InChI is InChI=1S/C16H26N4O3/c1-16(2,3)15-19-10(9-22-4)7-13(20-15)18-8-11-5-6-12(23-11)14(17)21/h7,11-12H,5-6,8-9H2,1-4H3,(H2,17,21)(H,18,19,20). The van der Waals surface area contributed by atoms with Crippen LogP contribution in [-0.4, -0.2) is 41.7 Å². The molecule has 0 radical (unpaired) electrons. The molecule has 1 aliphatic heterocycles. The Bertz CT molecular complexity index is 557. The lowest BCUT2D eigenvalue weighted by atomic mass is 9.95. The average Bonchev–Trinajstić information content (AvgIpc) is 2.93. The number of nitrogens with zero attached hydrogens (tertiary/aromatic N) is 2. The molecular formula is C16H26N4O3. The van der Waals surface area contributed by atoms with Gasteiger partial charge in [0, 0.05) is 25.1 Å². The Morgan fingerprint density at radius 3 is 2.74 bits per heavy atom. The quantitative estimate of drug-likeness (QED) is 0.820. The molecule has 0 aromatic carbocycles. The zero-order chi connectivity index (χ0) is 17.0. The number of aromatic nitrogens is 2. The van der Waals surface area contributed by atoms with Gasteiger partial charge in [-0.2, -0.15) is 0 Å². The molecule has 2 rings (SSSR count). The van der Waals surface area contributed by atoms with Crippen molar-refractivity contribution in [2.24, 2.45) is 5.73 Å². The van der Waals surface area contributed by atoms with Gasteiger partial charge in [-0.1, -0.05) is 20.8 Å². The Morgan fingerprint density at radius 1 is 1.43 bits per heavy atom. The maximum Gasteiger partial charge on any atom is 0.246 e. The Labute approximate surface area is 137 Å². The first kappa shape index (κ1) is 17.6. The molecule has 23 heavy (non-hydrogen) atoms. The lowest BCUT2D eigenvalue weighted by Crippen LogP contribution is -2.30. The molecule has 7 heteroatoms. The van der Waals surface area contributed by atoms with Gasteiger partial charge in [0.05, 0.1) is 18.4 Å². The van der Waals surface area contributed by atoms with Crippen molar-refractivity contribution in [1.29, 1.82) is 0 Å². The van der Waals surface area contributed by atoms with Crippen molar-refractivity contribution in [1.82, 2.24) is 9.97 Å². The zero-order valence-corrected chi connectivity index (χ0v) is 14.3. The molecule has 128 valence electrons. The van der Waals surface area contributed by atoms with Gasteiger partial charge in [0.15, 0.2) is 0 Å². The first-order valence-corrected chi connectivity index (χ1v) is 7.85. The summed E-state index contributed by atoms with van der Waals surface area (Å²) in [5.74, 6) is 1.10. The predicted molar refractivity (Wildman–Crippen MR) is 87.0 cm³/mol. The minimum Gasteiger partial charge on any atom is -0.378 e. The monoisotopic (exact) mass is 322 g/mol. The van der Waals surface area contributed by atoms with Crippen molar-refractivity contribution in [3.8, 4) is 0 Å². The van der Waals surface area contributed by atoms with Crippen LogP contribution in [0.25, 0.3) is 0 Å². The second-order valence-electron chi connectivity index (χ2n) is 6.86. The summed E-state index contributed by atoms with van der Waals surface area (Å²) >= 11 is 0. The molecule has 2 heterocycles. The Kier molecular flexibility index (Phi) is 5.54. The van der Waals surface area contributed by atoms with Crippen LogP contribution in [0, 0.1) is 0 Å². The van der Waals surface area contributed by atoms with E-state index in [1.807, 2.05) is 6.07 Å². The molecule has 0 bridgehead atoms. The van der Waals surface area contributed by atoms with Crippen molar-refractivity contribution in [3.63, 3.8) is 0 Å². The number of rotatable bonds is 6. The van der Waals surface area contributed by atoms with Crippen LogP contribution >= 0.6 is 0 Å². The van der Waals surface area contributed by atoms with Gasteiger partial charge in [0.1, 0.15) is 17.7 Å². The average molecular weight is 322 g/mol. The maximum atomic E-state index is 11.1. The number of nitrogens with one attached hydrogen (secondary N) is 1. The topological polar surface area (TPSA) is 99.4 Å². The van der Waals surface area contributed by atoms with Crippen molar-refractivity contribution in [2.75, 3.05) is 19.0 Å². The van der Waals surface area contributed by atoms with E-state index in [9.17, 15) is 4.79 Å². The maximum absolute atomic E-state index is 11.1. The highest BCUT2D eigenvalue weighted by Gasteiger charge is 2.29. The molecular weight excluding hydrogens is 296 g/mol. The van der Waals surface area contributed by atoms with Gasteiger partial charge < -0.3 is 20.5 Å². The van der Waals surface area contributed by atoms with Gasteiger partial charge in [0.2, 0.25) is 5.91 Å². The van der Waals surface area contributed by atoms with E-state index in [0.29, 0.717) is 19.6 Å². The number of hydrogen-bond donors (Lipinski definition) is 2.